The second-order valence-electron chi connectivity index (χ2n) is 5.45. The van der Waals surface area contributed by atoms with Crippen molar-refractivity contribution in [3.8, 4) is 0 Å². The highest BCUT2D eigenvalue weighted by Crippen LogP contribution is 2.20. The van der Waals surface area contributed by atoms with Crippen molar-refractivity contribution in [2.75, 3.05) is 13.1 Å². The Kier molecular flexibility index (Phi) is 3.34. The number of nitrogens with zero attached hydrogens (tertiary/aromatic N) is 2. The molecule has 0 aromatic carbocycles. The lowest BCUT2D eigenvalue weighted by molar-refractivity contribution is -0.148. The Balaban J connectivity index is 2.18. The highest BCUT2D eigenvalue weighted by atomic mass is 16.2. The first-order chi connectivity index (χ1) is 8.84. The van der Waals surface area contributed by atoms with Gasteiger partial charge in [-0.1, -0.05) is 0 Å². The van der Waals surface area contributed by atoms with Gasteiger partial charge < -0.3 is 10.2 Å². The fourth-order valence-corrected chi connectivity index (χ4v) is 2.42. The van der Waals surface area contributed by atoms with Gasteiger partial charge >= 0.3 is 0 Å². The summed E-state index contributed by atoms with van der Waals surface area (Å²) in [6.07, 6.45) is 0.283. The van der Waals surface area contributed by atoms with Gasteiger partial charge in [-0.15, -0.1) is 0 Å². The molecular weight excluding hydrogens is 244 g/mol. The third-order valence-corrected chi connectivity index (χ3v) is 3.76. The molecule has 2 heterocycles. The van der Waals surface area contributed by atoms with Crippen molar-refractivity contribution in [1.82, 2.24) is 20.4 Å². The number of amides is 2. The lowest BCUT2D eigenvalue weighted by Crippen LogP contribution is -2.63. The molecule has 1 aliphatic rings. The summed E-state index contributed by atoms with van der Waals surface area (Å²) in [4.78, 5) is 25.9. The van der Waals surface area contributed by atoms with Crippen LogP contribution in [0.25, 0.3) is 0 Å². The van der Waals surface area contributed by atoms with Gasteiger partial charge in [0.05, 0.1) is 12.1 Å². The monoisotopic (exact) mass is 264 g/mol. The number of carbonyl (C=O) groups is 2. The average Bonchev–Trinajstić information content (AvgIpc) is 2.64. The number of rotatable bonds is 2. The largest absolute Gasteiger partial charge is 0.352 e. The second-order valence-corrected chi connectivity index (χ2v) is 5.45. The first-order valence-corrected chi connectivity index (χ1v) is 6.43. The zero-order valence-electron chi connectivity index (χ0n) is 11.8. The van der Waals surface area contributed by atoms with Gasteiger partial charge in [-0.05, 0) is 27.7 Å². The minimum absolute atomic E-state index is 0.0348. The maximum absolute atomic E-state index is 12.4. The standard InChI is InChI=1S/C13H20N4O2/c1-8-10(9(2)16-15-8)7-11(18)17-6-5-14-12(19)13(17,3)4/h5-7H2,1-4H3,(H,14,19)(H,15,16). The fraction of sp³-hybridized carbons (Fsp3) is 0.615. The van der Waals surface area contributed by atoms with Crippen molar-refractivity contribution in [3.05, 3.63) is 17.0 Å². The van der Waals surface area contributed by atoms with Crippen LogP contribution >= 0.6 is 0 Å². The molecule has 1 aromatic heterocycles. The maximum atomic E-state index is 12.4. The van der Waals surface area contributed by atoms with Gasteiger partial charge in [-0.25, -0.2) is 0 Å². The maximum Gasteiger partial charge on any atom is 0.245 e. The summed E-state index contributed by atoms with van der Waals surface area (Å²) in [5.74, 6) is -0.139. The molecule has 0 saturated carbocycles. The zero-order valence-corrected chi connectivity index (χ0v) is 11.8. The van der Waals surface area contributed by atoms with Crippen LogP contribution in [-0.4, -0.2) is 45.5 Å². The summed E-state index contributed by atoms with van der Waals surface area (Å²) in [5.41, 5.74) is 1.88. The molecular formula is C13H20N4O2. The van der Waals surface area contributed by atoms with Gasteiger partial charge in [0.15, 0.2) is 0 Å². The van der Waals surface area contributed by atoms with Gasteiger partial charge in [0.2, 0.25) is 11.8 Å². The van der Waals surface area contributed by atoms with Crippen LogP contribution in [0.5, 0.6) is 0 Å². The topological polar surface area (TPSA) is 78.1 Å². The van der Waals surface area contributed by atoms with E-state index in [1.54, 1.807) is 18.7 Å². The van der Waals surface area contributed by atoms with E-state index < -0.39 is 5.54 Å². The minimum atomic E-state index is -0.791. The van der Waals surface area contributed by atoms with Crippen LogP contribution in [0.3, 0.4) is 0 Å². The van der Waals surface area contributed by atoms with Gasteiger partial charge in [0.1, 0.15) is 5.54 Å². The van der Waals surface area contributed by atoms with Crippen molar-refractivity contribution in [2.45, 2.75) is 39.7 Å². The molecule has 1 fully saturated rings. The Hall–Kier alpha value is -1.85. The van der Waals surface area contributed by atoms with E-state index in [-0.39, 0.29) is 18.2 Å². The molecule has 6 heteroatoms. The predicted molar refractivity (Wildman–Crippen MR) is 70.6 cm³/mol. The van der Waals surface area contributed by atoms with Crippen LogP contribution in [0.4, 0.5) is 0 Å². The van der Waals surface area contributed by atoms with Crippen LogP contribution in [0.2, 0.25) is 0 Å². The van der Waals surface area contributed by atoms with Crippen molar-refractivity contribution < 1.29 is 9.59 Å². The molecule has 2 amide bonds. The molecule has 19 heavy (non-hydrogen) atoms. The van der Waals surface area contributed by atoms with E-state index in [1.165, 1.54) is 0 Å². The van der Waals surface area contributed by atoms with Crippen LogP contribution in [0, 0.1) is 13.8 Å². The first-order valence-electron chi connectivity index (χ1n) is 6.43. The third-order valence-electron chi connectivity index (χ3n) is 3.76. The summed E-state index contributed by atoms with van der Waals surface area (Å²) in [6.45, 7) is 8.38. The number of piperazine rings is 1. The molecule has 1 saturated heterocycles. The molecule has 0 unspecified atom stereocenters. The van der Waals surface area contributed by atoms with Crippen LogP contribution < -0.4 is 5.32 Å². The van der Waals surface area contributed by atoms with E-state index in [9.17, 15) is 9.59 Å². The fourth-order valence-electron chi connectivity index (χ4n) is 2.42. The van der Waals surface area contributed by atoms with Crippen molar-refractivity contribution in [2.24, 2.45) is 0 Å². The Morgan fingerprint density at radius 3 is 2.68 bits per heavy atom. The number of hydrogen-bond acceptors (Lipinski definition) is 3. The van der Waals surface area contributed by atoms with Crippen molar-refractivity contribution in [3.63, 3.8) is 0 Å². The number of hydrogen-bond donors (Lipinski definition) is 2. The highest BCUT2D eigenvalue weighted by Gasteiger charge is 2.40. The van der Waals surface area contributed by atoms with Crippen LogP contribution in [0.15, 0.2) is 0 Å². The average molecular weight is 264 g/mol. The Morgan fingerprint density at radius 2 is 2.11 bits per heavy atom. The SMILES string of the molecule is Cc1n[nH]c(C)c1CC(=O)N1CCNC(=O)C1(C)C. The van der Waals surface area contributed by atoms with Gasteiger partial charge in [0, 0.05) is 24.3 Å². The van der Waals surface area contributed by atoms with Crippen molar-refractivity contribution >= 4 is 11.8 Å². The van der Waals surface area contributed by atoms with E-state index in [2.05, 4.69) is 15.5 Å². The Labute approximate surface area is 112 Å². The summed E-state index contributed by atoms with van der Waals surface area (Å²) in [6, 6.07) is 0. The molecule has 2 rings (SSSR count). The number of nitrogens with one attached hydrogen (secondary N) is 2. The van der Waals surface area contributed by atoms with E-state index in [0.29, 0.717) is 13.1 Å². The molecule has 0 bridgehead atoms. The van der Waals surface area contributed by atoms with E-state index in [1.807, 2.05) is 13.8 Å². The summed E-state index contributed by atoms with van der Waals surface area (Å²) in [7, 11) is 0. The summed E-state index contributed by atoms with van der Waals surface area (Å²) < 4.78 is 0. The second kappa shape index (κ2) is 4.68. The number of aromatic nitrogens is 2. The molecule has 0 spiro atoms. The zero-order chi connectivity index (χ0) is 14.2. The predicted octanol–water partition coefficient (Wildman–Crippen LogP) is 0.306. The lowest BCUT2D eigenvalue weighted by atomic mass is 9.97. The molecule has 104 valence electrons. The number of H-pyrrole nitrogens is 1. The van der Waals surface area contributed by atoms with E-state index >= 15 is 0 Å². The van der Waals surface area contributed by atoms with E-state index in [4.69, 9.17) is 0 Å². The Morgan fingerprint density at radius 1 is 1.42 bits per heavy atom. The number of aryl methyl sites for hydroxylation is 2. The highest BCUT2D eigenvalue weighted by molar-refractivity contribution is 5.92. The number of aromatic amines is 1. The summed E-state index contributed by atoms with van der Waals surface area (Å²) >= 11 is 0. The van der Waals surface area contributed by atoms with E-state index in [0.717, 1.165) is 17.0 Å². The van der Waals surface area contributed by atoms with Crippen molar-refractivity contribution in [1.29, 1.82) is 0 Å². The Bertz CT molecular complexity index is 499. The minimum Gasteiger partial charge on any atom is -0.352 e. The van der Waals surface area contributed by atoms with Gasteiger partial charge in [-0.3, -0.25) is 14.7 Å². The van der Waals surface area contributed by atoms with Crippen LogP contribution in [0.1, 0.15) is 30.8 Å². The molecule has 0 radical (unpaired) electrons. The number of carbonyl (C=O) groups excluding carboxylic acids is 2. The normalized spacial score (nSPS) is 18.3. The van der Waals surface area contributed by atoms with Gasteiger partial charge in [-0.2, -0.15) is 5.10 Å². The molecule has 1 aromatic rings. The third kappa shape index (κ3) is 2.34. The summed E-state index contributed by atoms with van der Waals surface area (Å²) in [5, 5.41) is 9.75. The first kappa shape index (κ1) is 13.6. The van der Waals surface area contributed by atoms with Gasteiger partial charge in [0.25, 0.3) is 0 Å². The molecule has 1 aliphatic heterocycles. The molecule has 2 N–H and O–H groups in total. The van der Waals surface area contributed by atoms with Crippen LogP contribution in [-0.2, 0) is 16.0 Å². The molecule has 0 aliphatic carbocycles. The molecule has 6 nitrogen and oxygen atoms in total. The lowest BCUT2D eigenvalue weighted by Gasteiger charge is -2.41. The molecule has 0 atom stereocenters. The smallest absolute Gasteiger partial charge is 0.245 e. The quantitative estimate of drug-likeness (QED) is 0.806.